The average molecular weight is 498 g/mol. The van der Waals surface area contributed by atoms with Crippen LogP contribution in [0.4, 0.5) is 0 Å². The molecule has 0 saturated carbocycles. The van der Waals surface area contributed by atoms with E-state index in [1.807, 2.05) is 24.3 Å². The maximum atomic E-state index is 12.2. The van der Waals surface area contributed by atoms with Gasteiger partial charge in [-0.05, 0) is 64.6 Å². The van der Waals surface area contributed by atoms with Crippen molar-refractivity contribution < 1.29 is 23.8 Å². The molecule has 27 heavy (non-hydrogen) atoms. The molecule has 0 N–H and O–H groups in total. The molecule has 1 heterocycles. The molecular formula is C19H13ClINO5. The number of carbonyl (C=O) groups is 2. The van der Waals surface area contributed by atoms with Crippen molar-refractivity contribution in [3.05, 3.63) is 61.8 Å². The van der Waals surface area contributed by atoms with E-state index >= 15 is 0 Å². The Labute approximate surface area is 173 Å². The Morgan fingerprint density at radius 2 is 2.07 bits per heavy atom. The van der Waals surface area contributed by atoms with Gasteiger partial charge in [-0.1, -0.05) is 17.7 Å². The number of cyclic esters (lactones) is 1. The number of esters is 2. The molecule has 2 aromatic rings. The highest BCUT2D eigenvalue weighted by atomic mass is 127. The molecule has 1 aliphatic rings. The molecule has 8 heteroatoms. The van der Waals surface area contributed by atoms with Crippen molar-refractivity contribution in [2.75, 3.05) is 7.11 Å². The van der Waals surface area contributed by atoms with Crippen LogP contribution in [0.25, 0.3) is 6.08 Å². The third kappa shape index (κ3) is 4.48. The van der Waals surface area contributed by atoms with Crippen LogP contribution in [0.2, 0.25) is 5.02 Å². The van der Waals surface area contributed by atoms with Crippen molar-refractivity contribution >= 4 is 58.1 Å². The number of benzene rings is 2. The fraction of sp³-hybridized carbons (Fsp3) is 0.105. The lowest BCUT2D eigenvalue weighted by Gasteiger charge is -2.10. The summed E-state index contributed by atoms with van der Waals surface area (Å²) in [4.78, 5) is 27.6. The lowest BCUT2D eigenvalue weighted by Crippen LogP contribution is -2.05. The molecule has 3 rings (SSSR count). The molecule has 2 aromatic carbocycles. The number of halogens is 2. The van der Waals surface area contributed by atoms with Gasteiger partial charge >= 0.3 is 11.9 Å². The molecule has 0 aliphatic carbocycles. The second kappa shape index (κ2) is 8.10. The van der Waals surface area contributed by atoms with E-state index in [1.165, 1.54) is 20.1 Å². The van der Waals surface area contributed by atoms with E-state index in [0.717, 1.165) is 3.57 Å². The summed E-state index contributed by atoms with van der Waals surface area (Å²) in [5.41, 5.74) is 1.38. The fourth-order valence-corrected chi connectivity index (χ4v) is 3.18. The molecule has 0 spiro atoms. The Morgan fingerprint density at radius 1 is 1.30 bits per heavy atom. The first kappa shape index (κ1) is 19.4. The minimum atomic E-state index is -0.567. The summed E-state index contributed by atoms with van der Waals surface area (Å²) >= 11 is 8.35. The summed E-state index contributed by atoms with van der Waals surface area (Å²) in [6.07, 6.45) is 1.52. The van der Waals surface area contributed by atoms with Crippen LogP contribution in [0.5, 0.6) is 11.5 Å². The van der Waals surface area contributed by atoms with Crippen molar-refractivity contribution in [2.24, 2.45) is 4.99 Å². The second-order valence-corrected chi connectivity index (χ2v) is 7.13. The minimum absolute atomic E-state index is 0.117. The molecule has 0 unspecified atom stereocenters. The predicted octanol–water partition coefficient (Wildman–Crippen LogP) is 4.22. The first-order valence-corrected chi connectivity index (χ1v) is 9.17. The van der Waals surface area contributed by atoms with Crippen LogP contribution >= 0.6 is 34.2 Å². The Hall–Kier alpha value is -2.39. The number of rotatable bonds is 4. The Kier molecular flexibility index (Phi) is 5.81. The van der Waals surface area contributed by atoms with Crippen LogP contribution in [-0.4, -0.2) is 24.9 Å². The number of carbonyl (C=O) groups excluding carboxylic acids is 2. The standard InChI is InChI=1S/C19H13ClINO5/c1-10(23)26-17-14(20)6-11(8-16(17)25-2)7-15-19(24)27-18(22-15)12-4-3-5-13(21)9-12/h3-9H,1-2H3. The molecule has 0 bridgehead atoms. The third-order valence-corrected chi connectivity index (χ3v) is 4.44. The van der Waals surface area contributed by atoms with E-state index in [2.05, 4.69) is 27.6 Å². The zero-order valence-corrected chi connectivity index (χ0v) is 17.2. The van der Waals surface area contributed by atoms with Gasteiger partial charge in [0.15, 0.2) is 17.2 Å². The fourth-order valence-electron chi connectivity index (χ4n) is 2.38. The largest absolute Gasteiger partial charge is 0.493 e. The zero-order chi connectivity index (χ0) is 19.6. The maximum Gasteiger partial charge on any atom is 0.363 e. The third-order valence-electron chi connectivity index (χ3n) is 3.49. The van der Waals surface area contributed by atoms with Crippen LogP contribution < -0.4 is 9.47 Å². The normalized spacial score (nSPS) is 14.7. The molecule has 6 nitrogen and oxygen atoms in total. The molecule has 1 aliphatic heterocycles. The van der Waals surface area contributed by atoms with E-state index in [0.29, 0.717) is 11.1 Å². The summed E-state index contributed by atoms with van der Waals surface area (Å²) in [6.45, 7) is 1.27. The summed E-state index contributed by atoms with van der Waals surface area (Å²) in [6, 6.07) is 10.6. The van der Waals surface area contributed by atoms with Gasteiger partial charge in [-0.15, -0.1) is 0 Å². The number of methoxy groups -OCH3 is 1. The van der Waals surface area contributed by atoms with E-state index in [-0.39, 0.29) is 28.1 Å². The number of hydrogen-bond acceptors (Lipinski definition) is 6. The van der Waals surface area contributed by atoms with Crippen LogP contribution in [0.15, 0.2) is 47.1 Å². The van der Waals surface area contributed by atoms with Crippen LogP contribution in [0.1, 0.15) is 18.1 Å². The van der Waals surface area contributed by atoms with Crippen LogP contribution in [0, 0.1) is 3.57 Å². The minimum Gasteiger partial charge on any atom is -0.493 e. The van der Waals surface area contributed by atoms with Gasteiger partial charge in [0.25, 0.3) is 0 Å². The van der Waals surface area contributed by atoms with Gasteiger partial charge in [0.05, 0.1) is 12.1 Å². The van der Waals surface area contributed by atoms with E-state index < -0.39 is 11.9 Å². The molecule has 0 fully saturated rings. The molecule has 0 aromatic heterocycles. The molecule has 0 amide bonds. The van der Waals surface area contributed by atoms with Crippen molar-refractivity contribution in [1.29, 1.82) is 0 Å². The first-order valence-electron chi connectivity index (χ1n) is 7.72. The van der Waals surface area contributed by atoms with Crippen molar-refractivity contribution in [3.63, 3.8) is 0 Å². The quantitative estimate of drug-likeness (QED) is 0.274. The monoisotopic (exact) mass is 497 g/mol. The highest BCUT2D eigenvalue weighted by Crippen LogP contribution is 2.37. The number of aliphatic imine (C=N–C) groups is 1. The lowest BCUT2D eigenvalue weighted by atomic mass is 10.1. The highest BCUT2D eigenvalue weighted by Gasteiger charge is 2.24. The molecule has 0 atom stereocenters. The van der Waals surface area contributed by atoms with Gasteiger partial charge in [0.2, 0.25) is 5.90 Å². The van der Waals surface area contributed by atoms with Gasteiger partial charge in [-0.3, -0.25) is 4.79 Å². The Bertz CT molecular complexity index is 1000. The molecule has 0 saturated heterocycles. The van der Waals surface area contributed by atoms with Gasteiger partial charge < -0.3 is 14.2 Å². The van der Waals surface area contributed by atoms with Crippen molar-refractivity contribution in [3.8, 4) is 11.5 Å². The van der Waals surface area contributed by atoms with Crippen LogP contribution in [0.3, 0.4) is 0 Å². The van der Waals surface area contributed by atoms with E-state index in [4.69, 9.17) is 25.8 Å². The van der Waals surface area contributed by atoms with Gasteiger partial charge in [-0.25, -0.2) is 9.79 Å². The smallest absolute Gasteiger partial charge is 0.363 e. The van der Waals surface area contributed by atoms with Gasteiger partial charge in [0.1, 0.15) is 0 Å². The SMILES string of the molecule is COc1cc(C=C2N=C(c3cccc(I)c3)OC2=O)cc(Cl)c1OC(C)=O. The lowest BCUT2D eigenvalue weighted by molar-refractivity contribution is -0.132. The number of hydrogen-bond donors (Lipinski definition) is 0. The van der Waals surface area contributed by atoms with Gasteiger partial charge in [0, 0.05) is 16.1 Å². The molecular weight excluding hydrogens is 485 g/mol. The topological polar surface area (TPSA) is 74.2 Å². The summed E-state index contributed by atoms with van der Waals surface area (Å²) in [5.74, 6) is -0.474. The van der Waals surface area contributed by atoms with E-state index in [9.17, 15) is 9.59 Å². The van der Waals surface area contributed by atoms with Crippen molar-refractivity contribution in [2.45, 2.75) is 6.92 Å². The summed E-state index contributed by atoms with van der Waals surface area (Å²) < 4.78 is 16.5. The first-order chi connectivity index (χ1) is 12.9. The molecule has 138 valence electrons. The van der Waals surface area contributed by atoms with Crippen LogP contribution in [-0.2, 0) is 14.3 Å². The van der Waals surface area contributed by atoms with Gasteiger partial charge in [-0.2, -0.15) is 0 Å². The summed E-state index contributed by atoms with van der Waals surface area (Å²) in [7, 11) is 1.42. The zero-order valence-electron chi connectivity index (χ0n) is 14.3. The highest BCUT2D eigenvalue weighted by molar-refractivity contribution is 14.1. The average Bonchev–Trinajstić information content (AvgIpc) is 2.97. The Balaban J connectivity index is 1.97. The second-order valence-electron chi connectivity index (χ2n) is 5.47. The molecule has 0 radical (unpaired) electrons. The predicted molar refractivity (Wildman–Crippen MR) is 109 cm³/mol. The van der Waals surface area contributed by atoms with Crippen molar-refractivity contribution in [1.82, 2.24) is 0 Å². The summed E-state index contributed by atoms with van der Waals surface area (Å²) in [5, 5.41) is 0.171. The van der Waals surface area contributed by atoms with E-state index in [1.54, 1.807) is 12.1 Å². The Morgan fingerprint density at radius 3 is 2.74 bits per heavy atom. The maximum absolute atomic E-state index is 12.2. The number of nitrogens with zero attached hydrogens (tertiary/aromatic N) is 1. The number of ether oxygens (including phenoxy) is 3.